The molecule has 1 amide bonds. The Kier molecular flexibility index (Phi) is 4.70. The number of hydrogen-bond acceptors (Lipinski definition) is 2. The van der Waals surface area contributed by atoms with E-state index in [2.05, 4.69) is 17.6 Å². The van der Waals surface area contributed by atoms with Crippen molar-refractivity contribution in [1.29, 1.82) is 0 Å². The van der Waals surface area contributed by atoms with Crippen molar-refractivity contribution in [3.05, 3.63) is 29.6 Å². The Labute approximate surface area is 108 Å². The molecule has 0 aliphatic carbocycles. The van der Waals surface area contributed by atoms with Crippen LogP contribution in [0.1, 0.15) is 44.0 Å². The summed E-state index contributed by atoms with van der Waals surface area (Å²) in [6, 6.07) is 4.49. The van der Waals surface area contributed by atoms with Crippen LogP contribution in [0.4, 0.5) is 10.1 Å². The van der Waals surface area contributed by atoms with Crippen LogP contribution in [0, 0.1) is 5.82 Å². The van der Waals surface area contributed by atoms with Crippen LogP contribution < -0.4 is 10.6 Å². The highest BCUT2D eigenvalue weighted by Crippen LogP contribution is 2.20. The third-order valence-electron chi connectivity index (χ3n) is 2.84. The lowest BCUT2D eigenvalue weighted by Gasteiger charge is -2.26. The van der Waals surface area contributed by atoms with Gasteiger partial charge in [-0.3, -0.25) is 4.79 Å². The fraction of sp³-hybridized carbons (Fsp3) is 0.500. The average Bonchev–Trinajstić information content (AvgIpc) is 2.27. The molecule has 18 heavy (non-hydrogen) atoms. The first-order valence-electron chi connectivity index (χ1n) is 6.20. The molecule has 1 aromatic rings. The highest BCUT2D eigenvalue weighted by molar-refractivity contribution is 6.00. The van der Waals surface area contributed by atoms with E-state index in [1.54, 1.807) is 13.1 Å². The molecule has 0 atom stereocenters. The van der Waals surface area contributed by atoms with Gasteiger partial charge in [-0.15, -0.1) is 0 Å². The Hall–Kier alpha value is -1.58. The molecule has 0 radical (unpaired) electrons. The Morgan fingerprint density at radius 1 is 1.39 bits per heavy atom. The number of anilines is 1. The van der Waals surface area contributed by atoms with E-state index < -0.39 is 5.82 Å². The molecule has 1 aromatic carbocycles. The van der Waals surface area contributed by atoms with Gasteiger partial charge >= 0.3 is 0 Å². The summed E-state index contributed by atoms with van der Waals surface area (Å²) in [5, 5.41) is 5.66. The van der Waals surface area contributed by atoms with Crippen molar-refractivity contribution in [1.82, 2.24) is 5.32 Å². The second kappa shape index (κ2) is 5.85. The number of nitrogens with one attached hydrogen (secondary N) is 2. The third-order valence-corrected chi connectivity index (χ3v) is 2.84. The Balaban J connectivity index is 2.94. The van der Waals surface area contributed by atoms with Crippen LogP contribution in [0.15, 0.2) is 18.2 Å². The summed E-state index contributed by atoms with van der Waals surface area (Å²) in [7, 11) is 1.60. The summed E-state index contributed by atoms with van der Waals surface area (Å²) in [4.78, 5) is 12.1. The van der Waals surface area contributed by atoms with Crippen LogP contribution in [-0.4, -0.2) is 18.5 Å². The fourth-order valence-electron chi connectivity index (χ4n) is 2.03. The molecule has 0 saturated carbocycles. The van der Waals surface area contributed by atoms with Crippen molar-refractivity contribution in [3.63, 3.8) is 0 Å². The quantitative estimate of drug-likeness (QED) is 0.845. The molecule has 0 aliphatic heterocycles. The van der Waals surface area contributed by atoms with Gasteiger partial charge in [0.2, 0.25) is 0 Å². The molecule has 0 bridgehead atoms. The van der Waals surface area contributed by atoms with Crippen LogP contribution >= 0.6 is 0 Å². The molecule has 0 aliphatic rings. The maximum atomic E-state index is 13.5. The molecule has 100 valence electrons. The molecule has 4 heteroatoms. The SMILES string of the molecule is CCCC(C)(C)NC(=O)c1cccc(F)c1NC. The van der Waals surface area contributed by atoms with Gasteiger partial charge in [0.15, 0.2) is 0 Å². The highest BCUT2D eigenvalue weighted by atomic mass is 19.1. The molecule has 0 saturated heterocycles. The van der Waals surface area contributed by atoms with Crippen LogP contribution in [0.2, 0.25) is 0 Å². The summed E-state index contributed by atoms with van der Waals surface area (Å²) in [6.07, 6.45) is 1.86. The number of para-hydroxylation sites is 1. The minimum absolute atomic E-state index is 0.238. The van der Waals surface area contributed by atoms with E-state index in [-0.39, 0.29) is 17.1 Å². The van der Waals surface area contributed by atoms with Gasteiger partial charge in [-0.1, -0.05) is 19.4 Å². The molecule has 3 nitrogen and oxygen atoms in total. The smallest absolute Gasteiger partial charge is 0.253 e. The number of rotatable bonds is 5. The minimum atomic E-state index is -0.418. The van der Waals surface area contributed by atoms with Gasteiger partial charge in [0.05, 0.1) is 11.3 Å². The van der Waals surface area contributed by atoms with E-state index in [9.17, 15) is 9.18 Å². The zero-order valence-electron chi connectivity index (χ0n) is 11.4. The minimum Gasteiger partial charge on any atom is -0.385 e. The summed E-state index contributed by atoms with van der Waals surface area (Å²) >= 11 is 0. The normalized spacial score (nSPS) is 11.2. The molecule has 0 aromatic heterocycles. The van der Waals surface area contributed by atoms with Crippen LogP contribution in [0.3, 0.4) is 0 Å². The summed E-state index contributed by atoms with van der Waals surface area (Å²) < 4.78 is 13.5. The highest BCUT2D eigenvalue weighted by Gasteiger charge is 2.22. The van der Waals surface area contributed by atoms with Gasteiger partial charge in [-0.05, 0) is 32.4 Å². The number of halogens is 1. The first kappa shape index (κ1) is 14.5. The standard InChI is InChI=1S/C14H21FN2O/c1-5-9-14(2,3)17-13(18)10-7-6-8-11(15)12(10)16-4/h6-8,16H,5,9H2,1-4H3,(H,17,18). The van der Waals surface area contributed by atoms with Crippen molar-refractivity contribution in [2.75, 3.05) is 12.4 Å². The van der Waals surface area contributed by atoms with E-state index in [0.29, 0.717) is 5.56 Å². The van der Waals surface area contributed by atoms with E-state index in [1.165, 1.54) is 12.1 Å². The molecule has 0 heterocycles. The first-order valence-corrected chi connectivity index (χ1v) is 6.20. The number of amides is 1. The molecule has 0 spiro atoms. The zero-order chi connectivity index (χ0) is 13.8. The van der Waals surface area contributed by atoms with Crippen molar-refractivity contribution >= 4 is 11.6 Å². The topological polar surface area (TPSA) is 41.1 Å². The number of carbonyl (C=O) groups is 1. The van der Waals surface area contributed by atoms with Crippen LogP contribution in [0.25, 0.3) is 0 Å². The number of hydrogen-bond donors (Lipinski definition) is 2. The zero-order valence-corrected chi connectivity index (χ0v) is 11.4. The predicted octanol–water partition coefficient (Wildman–Crippen LogP) is 3.18. The lowest BCUT2D eigenvalue weighted by Crippen LogP contribution is -2.43. The van der Waals surface area contributed by atoms with Crippen molar-refractivity contribution in [3.8, 4) is 0 Å². The van der Waals surface area contributed by atoms with Crippen LogP contribution in [-0.2, 0) is 0 Å². The van der Waals surface area contributed by atoms with E-state index in [4.69, 9.17) is 0 Å². The van der Waals surface area contributed by atoms with E-state index in [1.807, 2.05) is 13.8 Å². The molecule has 1 rings (SSSR count). The van der Waals surface area contributed by atoms with Gasteiger partial charge in [0.25, 0.3) is 5.91 Å². The van der Waals surface area contributed by atoms with Crippen molar-refractivity contribution in [2.45, 2.75) is 39.2 Å². The number of benzene rings is 1. The predicted molar refractivity (Wildman–Crippen MR) is 72.4 cm³/mol. The lowest BCUT2D eigenvalue weighted by molar-refractivity contribution is 0.0909. The van der Waals surface area contributed by atoms with Gasteiger partial charge in [0.1, 0.15) is 5.82 Å². The second-order valence-electron chi connectivity index (χ2n) is 5.00. The Bertz CT molecular complexity index is 430. The molecular formula is C14H21FN2O. The monoisotopic (exact) mass is 252 g/mol. The Morgan fingerprint density at radius 2 is 2.06 bits per heavy atom. The van der Waals surface area contributed by atoms with Gasteiger partial charge in [-0.2, -0.15) is 0 Å². The average molecular weight is 252 g/mol. The maximum Gasteiger partial charge on any atom is 0.253 e. The first-order chi connectivity index (χ1) is 8.41. The molecule has 2 N–H and O–H groups in total. The van der Waals surface area contributed by atoms with Crippen LogP contribution in [0.5, 0.6) is 0 Å². The van der Waals surface area contributed by atoms with Crippen molar-refractivity contribution < 1.29 is 9.18 Å². The molecule has 0 unspecified atom stereocenters. The number of carbonyl (C=O) groups excluding carboxylic acids is 1. The lowest BCUT2D eigenvalue weighted by atomic mass is 9.98. The van der Waals surface area contributed by atoms with E-state index >= 15 is 0 Å². The van der Waals surface area contributed by atoms with Crippen molar-refractivity contribution in [2.24, 2.45) is 0 Å². The van der Waals surface area contributed by atoms with E-state index in [0.717, 1.165) is 12.8 Å². The summed E-state index contributed by atoms with van der Waals surface area (Å²) in [5.41, 5.74) is 0.285. The largest absolute Gasteiger partial charge is 0.385 e. The second-order valence-corrected chi connectivity index (χ2v) is 5.00. The maximum absolute atomic E-state index is 13.5. The molecule has 0 fully saturated rings. The summed E-state index contributed by atoms with van der Waals surface area (Å²) in [5.74, 6) is -0.671. The van der Waals surface area contributed by atoms with Gasteiger partial charge in [0, 0.05) is 12.6 Å². The fourth-order valence-corrected chi connectivity index (χ4v) is 2.03. The molecular weight excluding hydrogens is 231 g/mol. The Morgan fingerprint density at radius 3 is 2.61 bits per heavy atom. The van der Waals surface area contributed by atoms with Gasteiger partial charge < -0.3 is 10.6 Å². The van der Waals surface area contributed by atoms with Gasteiger partial charge in [-0.25, -0.2) is 4.39 Å². The third kappa shape index (κ3) is 3.45. The summed E-state index contributed by atoms with van der Waals surface area (Å²) in [6.45, 7) is 5.99.